The third-order valence-corrected chi connectivity index (χ3v) is 10.2. The highest BCUT2D eigenvalue weighted by atomic mass is 32.2. The van der Waals surface area contributed by atoms with Gasteiger partial charge in [-0.05, 0) is 85.2 Å². The number of rotatable bonds is 6. The maximum atomic E-state index is 14.1. The van der Waals surface area contributed by atoms with Crippen molar-refractivity contribution < 1.29 is 32.2 Å². The molecule has 1 spiro atoms. The van der Waals surface area contributed by atoms with Gasteiger partial charge in [-0.1, -0.05) is 30.3 Å². The second kappa shape index (κ2) is 9.92. The first-order chi connectivity index (χ1) is 19.2. The van der Waals surface area contributed by atoms with Crippen LogP contribution >= 0.6 is 0 Å². The van der Waals surface area contributed by atoms with E-state index in [9.17, 15) is 27.5 Å². The van der Waals surface area contributed by atoms with E-state index in [0.29, 0.717) is 37.2 Å². The molecule has 1 unspecified atom stereocenters. The average molecular weight is 565 g/mol. The Morgan fingerprint density at radius 3 is 2.27 bits per heavy atom. The number of carboxylic acids is 1. The number of nitrogens with zero attached hydrogens (tertiary/aromatic N) is 2. The van der Waals surface area contributed by atoms with Crippen molar-refractivity contribution in [3.63, 3.8) is 0 Å². The second-order valence-electron chi connectivity index (χ2n) is 10.8. The van der Waals surface area contributed by atoms with Gasteiger partial charge in [0.2, 0.25) is 0 Å². The fourth-order valence-corrected chi connectivity index (χ4v) is 8.11. The zero-order valence-corrected chi connectivity index (χ0v) is 22.5. The monoisotopic (exact) mass is 564 g/mol. The van der Waals surface area contributed by atoms with Crippen molar-refractivity contribution in [1.82, 2.24) is 4.90 Å². The van der Waals surface area contributed by atoms with E-state index in [1.54, 1.807) is 17.0 Å². The summed E-state index contributed by atoms with van der Waals surface area (Å²) in [4.78, 5) is 26.5. The van der Waals surface area contributed by atoms with E-state index in [2.05, 4.69) is 0 Å². The molecule has 1 amide bonds. The molecule has 3 aromatic rings. The summed E-state index contributed by atoms with van der Waals surface area (Å²) in [5, 5.41) is 9.75. The Morgan fingerprint density at radius 2 is 1.65 bits per heavy atom. The van der Waals surface area contributed by atoms with E-state index in [1.165, 1.54) is 22.5 Å². The summed E-state index contributed by atoms with van der Waals surface area (Å²) in [5.74, 6) is -1.54. The van der Waals surface area contributed by atoms with Gasteiger partial charge in [-0.2, -0.15) is 0 Å². The molecule has 1 atom stereocenters. The highest BCUT2D eigenvalue weighted by molar-refractivity contribution is 7.92. The number of aromatic carboxylic acids is 1. The zero-order valence-electron chi connectivity index (χ0n) is 21.7. The lowest BCUT2D eigenvalue weighted by Gasteiger charge is -2.44. The first-order valence-electron chi connectivity index (χ1n) is 13.3. The maximum Gasteiger partial charge on any atom is 0.410 e. The molecule has 6 rings (SSSR count). The number of amides is 1. The van der Waals surface area contributed by atoms with E-state index in [-0.39, 0.29) is 23.0 Å². The summed E-state index contributed by atoms with van der Waals surface area (Å²) >= 11 is 0. The summed E-state index contributed by atoms with van der Waals surface area (Å²) < 4.78 is 48.8. The fraction of sp³-hybridized carbons (Fsp3) is 0.333. The predicted octanol–water partition coefficient (Wildman–Crippen LogP) is 5.18. The second-order valence-corrected chi connectivity index (χ2v) is 12.6. The van der Waals surface area contributed by atoms with E-state index < -0.39 is 39.4 Å². The van der Waals surface area contributed by atoms with Crippen LogP contribution in [0.4, 0.5) is 14.9 Å². The van der Waals surface area contributed by atoms with Gasteiger partial charge in [0.05, 0.1) is 22.2 Å². The van der Waals surface area contributed by atoms with Crippen molar-refractivity contribution in [3.05, 3.63) is 95.3 Å². The molecule has 208 valence electrons. The smallest absolute Gasteiger partial charge is 0.410 e. The van der Waals surface area contributed by atoms with E-state index in [4.69, 9.17) is 4.74 Å². The quantitative estimate of drug-likeness (QED) is 0.442. The molecule has 3 aliphatic rings. The minimum absolute atomic E-state index is 0.0215. The van der Waals surface area contributed by atoms with Gasteiger partial charge in [-0.25, -0.2) is 22.4 Å². The first kappa shape index (κ1) is 26.3. The number of halogens is 1. The van der Waals surface area contributed by atoms with Crippen LogP contribution in [0.2, 0.25) is 0 Å². The predicted molar refractivity (Wildman–Crippen MR) is 145 cm³/mol. The highest BCUT2D eigenvalue weighted by Crippen LogP contribution is 2.59. The SMILES string of the molecule is O=C(O)c1ccc2c(c1)C1(CCN(C(=O)OCc3ccccc3)CC1)C(C1CC1)N2S(=O)(=O)c1ccc(F)cc1. The van der Waals surface area contributed by atoms with Gasteiger partial charge in [0.25, 0.3) is 10.0 Å². The van der Waals surface area contributed by atoms with Gasteiger partial charge in [0, 0.05) is 18.5 Å². The van der Waals surface area contributed by atoms with Gasteiger partial charge >= 0.3 is 12.1 Å². The largest absolute Gasteiger partial charge is 0.478 e. The maximum absolute atomic E-state index is 14.1. The van der Waals surface area contributed by atoms with Crippen LogP contribution < -0.4 is 4.31 Å². The van der Waals surface area contributed by atoms with Crippen LogP contribution in [0.1, 0.15) is 47.2 Å². The zero-order chi connectivity index (χ0) is 28.1. The number of carboxylic acid groups (broad SMARTS) is 1. The van der Waals surface area contributed by atoms with Crippen LogP contribution in [0.3, 0.4) is 0 Å². The lowest BCUT2D eigenvalue weighted by atomic mass is 9.68. The summed E-state index contributed by atoms with van der Waals surface area (Å²) in [6.07, 6.45) is 2.18. The molecule has 1 saturated carbocycles. The standard InChI is InChI=1S/C30H29FN2O6S/c31-23-9-11-24(12-10-23)40(37,38)33-26-13-8-22(28(34)35)18-25(26)30(27(33)21-6-7-21)14-16-32(17-15-30)29(36)39-19-20-4-2-1-3-5-20/h1-5,8-13,18,21,27H,6-7,14-17,19H2,(H,34,35). The molecule has 2 aliphatic heterocycles. The average Bonchev–Trinajstić information content (AvgIpc) is 3.76. The minimum atomic E-state index is -4.09. The lowest BCUT2D eigenvalue weighted by molar-refractivity contribution is 0.0696. The Labute approximate surface area is 232 Å². The molecule has 1 saturated heterocycles. The molecule has 40 heavy (non-hydrogen) atoms. The molecule has 3 aromatic carbocycles. The highest BCUT2D eigenvalue weighted by Gasteiger charge is 2.60. The molecule has 8 nitrogen and oxygen atoms in total. The van der Waals surface area contributed by atoms with Gasteiger partial charge in [0.15, 0.2) is 0 Å². The van der Waals surface area contributed by atoms with Crippen molar-refractivity contribution >= 4 is 27.8 Å². The molecule has 1 N–H and O–H groups in total. The molecule has 1 aliphatic carbocycles. The third kappa shape index (κ3) is 4.50. The summed E-state index contributed by atoms with van der Waals surface area (Å²) in [6, 6.07) is 18.3. The number of piperidine rings is 1. The summed E-state index contributed by atoms with van der Waals surface area (Å²) in [6.45, 7) is 0.844. The molecule has 2 heterocycles. The summed E-state index contributed by atoms with van der Waals surface area (Å²) in [5.41, 5.74) is 1.41. The van der Waals surface area contributed by atoms with Crippen molar-refractivity contribution in [1.29, 1.82) is 0 Å². The van der Waals surface area contributed by atoms with Gasteiger partial charge in [-0.3, -0.25) is 4.31 Å². The molecule has 0 bridgehead atoms. The summed E-state index contributed by atoms with van der Waals surface area (Å²) in [7, 11) is -4.09. The number of benzene rings is 3. The molecule has 0 aromatic heterocycles. The van der Waals surface area contributed by atoms with E-state index in [1.807, 2.05) is 30.3 Å². The number of likely N-dealkylation sites (tertiary alicyclic amines) is 1. The van der Waals surface area contributed by atoms with E-state index in [0.717, 1.165) is 30.5 Å². The minimum Gasteiger partial charge on any atom is -0.478 e. The molecule has 10 heteroatoms. The number of ether oxygens (including phenoxy) is 1. The number of hydrogen-bond donors (Lipinski definition) is 1. The number of carbonyl (C=O) groups excluding carboxylic acids is 1. The van der Waals surface area contributed by atoms with Crippen LogP contribution in [0.15, 0.2) is 77.7 Å². The van der Waals surface area contributed by atoms with Gasteiger partial charge < -0.3 is 14.7 Å². The fourth-order valence-electron chi connectivity index (χ4n) is 6.31. The third-order valence-electron chi connectivity index (χ3n) is 8.39. The van der Waals surface area contributed by atoms with Crippen molar-refractivity contribution in [2.75, 3.05) is 17.4 Å². The Kier molecular flexibility index (Phi) is 6.53. The number of anilines is 1. The number of hydrogen-bond acceptors (Lipinski definition) is 5. The van der Waals surface area contributed by atoms with Crippen molar-refractivity contribution in [3.8, 4) is 0 Å². The van der Waals surface area contributed by atoms with Crippen LogP contribution in [-0.4, -0.2) is 49.6 Å². The van der Waals surface area contributed by atoms with E-state index >= 15 is 0 Å². The van der Waals surface area contributed by atoms with Crippen LogP contribution in [0, 0.1) is 11.7 Å². The normalized spacial score (nSPS) is 19.9. The molecule has 0 radical (unpaired) electrons. The van der Waals surface area contributed by atoms with Crippen LogP contribution in [-0.2, 0) is 26.8 Å². The topological polar surface area (TPSA) is 104 Å². The van der Waals surface area contributed by atoms with Gasteiger partial charge in [0.1, 0.15) is 12.4 Å². The Bertz CT molecular complexity index is 1550. The number of sulfonamides is 1. The van der Waals surface area contributed by atoms with Crippen LogP contribution in [0.25, 0.3) is 0 Å². The Hall–Kier alpha value is -3.92. The molecule has 2 fully saturated rings. The van der Waals surface area contributed by atoms with Crippen molar-refractivity contribution in [2.24, 2.45) is 5.92 Å². The number of fused-ring (bicyclic) bond motifs is 2. The lowest BCUT2D eigenvalue weighted by Crippen LogP contribution is -2.54. The van der Waals surface area contributed by atoms with Gasteiger partial charge in [-0.15, -0.1) is 0 Å². The number of carbonyl (C=O) groups is 2. The van der Waals surface area contributed by atoms with Crippen LogP contribution in [0.5, 0.6) is 0 Å². The molecular weight excluding hydrogens is 535 g/mol. The molecular formula is C30H29FN2O6S. The Morgan fingerprint density at radius 1 is 0.975 bits per heavy atom. The first-order valence-corrected chi connectivity index (χ1v) is 14.8. The van der Waals surface area contributed by atoms with Crippen molar-refractivity contribution in [2.45, 2.75) is 48.6 Å². The Balaban J connectivity index is 1.34.